The van der Waals surface area contributed by atoms with Gasteiger partial charge in [-0.25, -0.2) is 4.79 Å². The number of esters is 1. The third-order valence-corrected chi connectivity index (χ3v) is 4.28. The molecule has 2 rings (SSSR count). The summed E-state index contributed by atoms with van der Waals surface area (Å²) in [4.78, 5) is 37.2. The number of likely N-dealkylation sites (N-methyl/N-ethyl adjacent to an activating group) is 1. The number of nitrogens with zero attached hydrogens (tertiary/aromatic N) is 1. The lowest BCUT2D eigenvalue weighted by atomic mass is 10.1. The van der Waals surface area contributed by atoms with Gasteiger partial charge in [-0.15, -0.1) is 0 Å². The molecule has 1 N–H and O–H groups in total. The molecular formula is C18H20N2O4S. The Morgan fingerprint density at radius 3 is 2.64 bits per heavy atom. The van der Waals surface area contributed by atoms with Gasteiger partial charge in [-0.3, -0.25) is 9.59 Å². The van der Waals surface area contributed by atoms with E-state index < -0.39 is 5.97 Å². The number of hydrogen-bond acceptors (Lipinski definition) is 5. The molecule has 7 heteroatoms. The van der Waals surface area contributed by atoms with Crippen LogP contribution in [0.5, 0.6) is 0 Å². The third kappa shape index (κ3) is 5.15. The topological polar surface area (TPSA) is 75.7 Å². The first-order chi connectivity index (χ1) is 11.9. The predicted octanol–water partition coefficient (Wildman–Crippen LogP) is 2.83. The van der Waals surface area contributed by atoms with Crippen molar-refractivity contribution in [1.29, 1.82) is 0 Å². The number of thiophene rings is 1. The number of aryl methyl sites for hydroxylation is 1. The standard InChI is InChI=1S/C18H20N2O4S/c1-12-5-4-6-15(17(12)19-13(2)21)18(23)24-10-16(22)20(3)9-14-7-8-25-11-14/h4-8,11H,9-10H2,1-3H3,(H,19,21). The van der Waals surface area contributed by atoms with Gasteiger partial charge in [-0.2, -0.15) is 11.3 Å². The molecule has 0 fully saturated rings. The fraction of sp³-hybridized carbons (Fsp3) is 0.278. The van der Waals surface area contributed by atoms with Gasteiger partial charge >= 0.3 is 5.97 Å². The first-order valence-corrected chi connectivity index (χ1v) is 8.62. The number of nitrogens with one attached hydrogen (secondary N) is 1. The highest BCUT2D eigenvalue weighted by Crippen LogP contribution is 2.21. The van der Waals surface area contributed by atoms with Gasteiger partial charge in [0.15, 0.2) is 6.61 Å². The monoisotopic (exact) mass is 360 g/mol. The van der Waals surface area contributed by atoms with E-state index in [9.17, 15) is 14.4 Å². The van der Waals surface area contributed by atoms with Gasteiger partial charge in [0.2, 0.25) is 5.91 Å². The highest BCUT2D eigenvalue weighted by atomic mass is 32.1. The SMILES string of the molecule is CC(=O)Nc1c(C)cccc1C(=O)OCC(=O)N(C)Cc1ccsc1. The van der Waals surface area contributed by atoms with E-state index in [-0.39, 0.29) is 24.0 Å². The van der Waals surface area contributed by atoms with Crippen molar-refractivity contribution in [3.8, 4) is 0 Å². The molecule has 0 radical (unpaired) electrons. The van der Waals surface area contributed by atoms with Crippen molar-refractivity contribution in [1.82, 2.24) is 4.90 Å². The van der Waals surface area contributed by atoms with Crippen LogP contribution in [-0.4, -0.2) is 36.3 Å². The van der Waals surface area contributed by atoms with Crippen molar-refractivity contribution in [2.75, 3.05) is 19.0 Å². The van der Waals surface area contributed by atoms with Gasteiger partial charge in [0.05, 0.1) is 11.3 Å². The molecule has 1 aromatic carbocycles. The summed E-state index contributed by atoms with van der Waals surface area (Å²) in [5, 5.41) is 6.53. The van der Waals surface area contributed by atoms with Crippen LogP contribution in [0.2, 0.25) is 0 Å². The van der Waals surface area contributed by atoms with Crippen molar-refractivity contribution in [2.24, 2.45) is 0 Å². The van der Waals surface area contributed by atoms with Crippen molar-refractivity contribution < 1.29 is 19.1 Å². The minimum absolute atomic E-state index is 0.225. The second-order valence-electron chi connectivity index (χ2n) is 5.64. The Kier molecular flexibility index (Phi) is 6.30. The minimum atomic E-state index is -0.648. The summed E-state index contributed by atoms with van der Waals surface area (Å²) in [5.41, 5.74) is 2.40. The van der Waals surface area contributed by atoms with E-state index in [0.717, 1.165) is 11.1 Å². The molecule has 0 aliphatic rings. The number of carbonyl (C=O) groups is 3. The summed E-state index contributed by atoms with van der Waals surface area (Å²) in [6.07, 6.45) is 0. The molecule has 25 heavy (non-hydrogen) atoms. The second kappa shape index (κ2) is 8.43. The Bertz CT molecular complexity index is 771. The van der Waals surface area contributed by atoms with E-state index in [1.807, 2.05) is 16.8 Å². The van der Waals surface area contributed by atoms with E-state index >= 15 is 0 Å². The molecule has 132 valence electrons. The van der Waals surface area contributed by atoms with Gasteiger partial charge in [-0.05, 0) is 40.9 Å². The Labute approximate surface area is 150 Å². The van der Waals surface area contributed by atoms with E-state index in [0.29, 0.717) is 12.2 Å². The van der Waals surface area contributed by atoms with E-state index in [1.54, 1.807) is 43.5 Å². The van der Waals surface area contributed by atoms with Gasteiger partial charge in [0.25, 0.3) is 5.91 Å². The molecule has 0 saturated carbocycles. The molecule has 0 aliphatic carbocycles. The summed E-state index contributed by atoms with van der Waals surface area (Å²) in [7, 11) is 1.66. The third-order valence-electron chi connectivity index (χ3n) is 3.55. The van der Waals surface area contributed by atoms with Crippen LogP contribution in [0.25, 0.3) is 0 Å². The number of anilines is 1. The van der Waals surface area contributed by atoms with Crippen molar-refractivity contribution in [3.05, 3.63) is 51.7 Å². The van der Waals surface area contributed by atoms with Gasteiger partial charge in [0.1, 0.15) is 0 Å². The Balaban J connectivity index is 1.99. The van der Waals surface area contributed by atoms with Crippen LogP contribution >= 0.6 is 11.3 Å². The average molecular weight is 360 g/mol. The molecule has 0 spiro atoms. The molecule has 2 aromatic rings. The summed E-state index contributed by atoms with van der Waals surface area (Å²) < 4.78 is 5.13. The lowest BCUT2D eigenvalue weighted by molar-refractivity contribution is -0.133. The number of carbonyl (C=O) groups excluding carboxylic acids is 3. The highest BCUT2D eigenvalue weighted by molar-refractivity contribution is 7.07. The molecule has 0 aliphatic heterocycles. The fourth-order valence-electron chi connectivity index (χ4n) is 2.24. The average Bonchev–Trinajstić information content (AvgIpc) is 3.06. The first-order valence-electron chi connectivity index (χ1n) is 7.68. The number of rotatable bonds is 6. The zero-order chi connectivity index (χ0) is 18.4. The second-order valence-corrected chi connectivity index (χ2v) is 6.42. The Morgan fingerprint density at radius 2 is 2.00 bits per heavy atom. The summed E-state index contributed by atoms with van der Waals surface area (Å²) in [5.74, 6) is -1.23. The first kappa shape index (κ1) is 18.7. The van der Waals surface area contributed by atoms with Gasteiger partial charge < -0.3 is 15.0 Å². The zero-order valence-electron chi connectivity index (χ0n) is 14.4. The molecular weight excluding hydrogens is 340 g/mol. The van der Waals surface area contributed by atoms with E-state index in [4.69, 9.17) is 4.74 Å². The molecule has 0 saturated heterocycles. The van der Waals surface area contributed by atoms with Crippen molar-refractivity contribution in [2.45, 2.75) is 20.4 Å². The number of amides is 2. The van der Waals surface area contributed by atoms with Crippen LogP contribution in [0.3, 0.4) is 0 Å². The number of hydrogen-bond donors (Lipinski definition) is 1. The molecule has 1 aromatic heterocycles. The fourth-order valence-corrected chi connectivity index (χ4v) is 2.90. The minimum Gasteiger partial charge on any atom is -0.452 e. The zero-order valence-corrected chi connectivity index (χ0v) is 15.2. The molecule has 0 atom stereocenters. The maximum atomic E-state index is 12.3. The van der Waals surface area contributed by atoms with Gasteiger partial charge in [-0.1, -0.05) is 12.1 Å². The van der Waals surface area contributed by atoms with Crippen LogP contribution in [-0.2, 0) is 20.9 Å². The molecule has 6 nitrogen and oxygen atoms in total. The summed E-state index contributed by atoms with van der Waals surface area (Å²) in [6, 6.07) is 6.97. The number of benzene rings is 1. The van der Waals surface area contributed by atoms with Crippen LogP contribution in [0.15, 0.2) is 35.0 Å². The maximum Gasteiger partial charge on any atom is 0.340 e. The van der Waals surface area contributed by atoms with Crippen LogP contribution in [0.1, 0.15) is 28.4 Å². The quantitative estimate of drug-likeness (QED) is 0.804. The Morgan fingerprint density at radius 1 is 1.24 bits per heavy atom. The molecule has 0 unspecified atom stereocenters. The van der Waals surface area contributed by atoms with Crippen LogP contribution in [0.4, 0.5) is 5.69 Å². The van der Waals surface area contributed by atoms with Crippen LogP contribution in [0, 0.1) is 6.92 Å². The van der Waals surface area contributed by atoms with Crippen molar-refractivity contribution in [3.63, 3.8) is 0 Å². The summed E-state index contributed by atoms with van der Waals surface area (Å²) in [6.45, 7) is 3.25. The van der Waals surface area contributed by atoms with Crippen LogP contribution < -0.4 is 5.32 Å². The lowest BCUT2D eigenvalue weighted by Gasteiger charge is -2.17. The smallest absolute Gasteiger partial charge is 0.340 e. The largest absolute Gasteiger partial charge is 0.452 e. The summed E-state index contributed by atoms with van der Waals surface area (Å²) >= 11 is 1.56. The lowest BCUT2D eigenvalue weighted by Crippen LogP contribution is -2.30. The Hall–Kier alpha value is -2.67. The highest BCUT2D eigenvalue weighted by Gasteiger charge is 2.18. The molecule has 0 bridgehead atoms. The van der Waals surface area contributed by atoms with Crippen molar-refractivity contribution >= 4 is 34.8 Å². The number of para-hydroxylation sites is 1. The number of ether oxygens (including phenoxy) is 1. The molecule has 1 heterocycles. The van der Waals surface area contributed by atoms with E-state index in [2.05, 4.69) is 5.32 Å². The van der Waals surface area contributed by atoms with E-state index in [1.165, 1.54) is 11.8 Å². The predicted molar refractivity (Wildman–Crippen MR) is 96.6 cm³/mol. The van der Waals surface area contributed by atoms with Gasteiger partial charge in [0, 0.05) is 20.5 Å². The normalized spacial score (nSPS) is 10.2. The maximum absolute atomic E-state index is 12.3. The molecule has 2 amide bonds.